The van der Waals surface area contributed by atoms with E-state index in [1.807, 2.05) is 0 Å². The third kappa shape index (κ3) is 4.64. The minimum absolute atomic E-state index is 0.0863. The molecule has 3 N–H and O–H groups in total. The van der Waals surface area contributed by atoms with Crippen LogP contribution in [-0.2, 0) is 14.3 Å². The lowest BCUT2D eigenvalue weighted by Gasteiger charge is -2.32. The predicted molar refractivity (Wildman–Crippen MR) is 111 cm³/mol. The maximum absolute atomic E-state index is 14.6. The summed E-state index contributed by atoms with van der Waals surface area (Å²) in [6.07, 6.45) is -3.71. The van der Waals surface area contributed by atoms with Gasteiger partial charge >= 0.3 is 12.2 Å². The molecule has 8 nitrogen and oxygen atoms in total. The van der Waals surface area contributed by atoms with Crippen LogP contribution < -0.4 is 15.8 Å². The van der Waals surface area contributed by atoms with Gasteiger partial charge in [-0.2, -0.15) is 17.6 Å². The Hall–Kier alpha value is -3.35. The van der Waals surface area contributed by atoms with E-state index in [0.717, 1.165) is 37.4 Å². The van der Waals surface area contributed by atoms with Crippen LogP contribution in [0.4, 0.5) is 22.0 Å². The molecule has 0 aromatic heterocycles. The molecule has 1 aromatic carbocycles. The minimum Gasteiger partial charge on any atom is -0.490 e. The lowest BCUT2D eigenvalue weighted by molar-refractivity contribution is -0.495. The highest BCUT2D eigenvalue weighted by Crippen LogP contribution is 2.54. The molecule has 1 unspecified atom stereocenters. The summed E-state index contributed by atoms with van der Waals surface area (Å²) in [6.45, 7) is 3.29. The molecule has 2 aliphatic rings. The topological polar surface area (TPSA) is 111 Å². The van der Waals surface area contributed by atoms with Crippen LogP contribution in [0.3, 0.4) is 0 Å². The second-order valence-electron chi connectivity index (χ2n) is 8.30. The molecule has 3 rings (SSSR count). The van der Waals surface area contributed by atoms with Gasteiger partial charge in [-0.1, -0.05) is 13.0 Å². The van der Waals surface area contributed by atoms with Crippen LogP contribution in [-0.4, -0.2) is 47.1 Å². The maximum Gasteiger partial charge on any atom is 0.417 e. The number of carbonyl (C=O) groups is 2. The maximum atomic E-state index is 14.6. The number of nitroso groups, excluding NO2 is 1. The molecule has 0 radical (unpaired) electrons. The van der Waals surface area contributed by atoms with Gasteiger partial charge in [0.25, 0.3) is 11.8 Å². The van der Waals surface area contributed by atoms with Crippen LogP contribution in [0.1, 0.15) is 32.3 Å². The monoisotopic (exact) mass is 504 g/mol. The summed E-state index contributed by atoms with van der Waals surface area (Å²) < 4.78 is 81.2. The third-order valence-electron chi connectivity index (χ3n) is 6.23. The highest BCUT2D eigenvalue weighted by molar-refractivity contribution is 5.86. The smallest absolute Gasteiger partial charge is 0.417 e. The van der Waals surface area contributed by atoms with Crippen molar-refractivity contribution in [2.24, 2.45) is 11.7 Å². The number of primary amides is 1. The molecule has 5 atom stereocenters. The van der Waals surface area contributed by atoms with E-state index in [1.165, 1.54) is 13.8 Å². The number of alkyl halides is 3. The Bertz CT molecular complexity index is 1120. The van der Waals surface area contributed by atoms with Gasteiger partial charge in [0.15, 0.2) is 17.2 Å². The number of hydrogen-bond acceptors (Lipinski definition) is 5. The summed E-state index contributed by atoms with van der Waals surface area (Å²) in [7, 11) is 0. The molecule has 2 heterocycles. The van der Waals surface area contributed by atoms with E-state index in [4.69, 9.17) is 15.2 Å². The normalized spacial score (nSPS) is 28.6. The van der Waals surface area contributed by atoms with E-state index in [2.05, 4.69) is 5.32 Å². The summed E-state index contributed by atoms with van der Waals surface area (Å²) >= 11 is 0. The minimum atomic E-state index is -4.92. The van der Waals surface area contributed by atoms with Crippen molar-refractivity contribution in [1.82, 2.24) is 5.32 Å². The molecule has 35 heavy (non-hydrogen) atoms. The fourth-order valence-corrected chi connectivity index (χ4v) is 4.17. The first-order chi connectivity index (χ1) is 16.2. The Morgan fingerprint density at radius 2 is 1.94 bits per heavy atom. The van der Waals surface area contributed by atoms with Crippen LogP contribution in [0.2, 0.25) is 0 Å². The number of rotatable bonds is 6. The van der Waals surface area contributed by atoms with E-state index >= 15 is 0 Å². The Morgan fingerprint density at radius 1 is 1.29 bits per heavy atom. The van der Waals surface area contributed by atoms with Crippen LogP contribution >= 0.6 is 0 Å². The molecular weight excluding hydrogens is 481 g/mol. The predicted octanol–water partition coefficient (Wildman–Crippen LogP) is 2.96. The van der Waals surface area contributed by atoms with Crippen molar-refractivity contribution in [3.8, 4) is 5.75 Å². The Morgan fingerprint density at radius 3 is 2.51 bits per heavy atom. The van der Waals surface area contributed by atoms with Crippen molar-refractivity contribution in [2.75, 3.05) is 6.61 Å². The molecule has 13 heteroatoms. The Kier molecular flexibility index (Phi) is 7.02. The number of nitrogens with one attached hydrogen (secondary N) is 1. The fourth-order valence-electron chi connectivity index (χ4n) is 4.17. The second-order valence-corrected chi connectivity index (χ2v) is 8.30. The molecule has 1 saturated heterocycles. The number of nitrogens with zero attached hydrogens (tertiary/aromatic N) is 1. The lowest BCUT2D eigenvalue weighted by Crippen LogP contribution is -2.47. The molecular formula is C22H23F5N3O5+. The van der Waals surface area contributed by atoms with Crippen molar-refractivity contribution < 1.29 is 45.8 Å². The molecule has 1 fully saturated rings. The fraction of sp³-hybridized carbons (Fsp3) is 0.455. The molecule has 0 bridgehead atoms. The summed E-state index contributed by atoms with van der Waals surface area (Å²) in [6, 6.07) is 0.324. The highest BCUT2D eigenvalue weighted by atomic mass is 19.4. The summed E-state index contributed by atoms with van der Waals surface area (Å²) in [5.41, 5.74) is 2.05. The zero-order valence-corrected chi connectivity index (χ0v) is 18.9. The third-order valence-corrected chi connectivity index (χ3v) is 6.23. The molecule has 0 spiro atoms. The number of halogens is 5. The van der Waals surface area contributed by atoms with E-state index in [1.54, 1.807) is 0 Å². The van der Waals surface area contributed by atoms with E-state index < -0.39 is 65.0 Å². The van der Waals surface area contributed by atoms with Gasteiger partial charge in [0.05, 0.1) is 12.3 Å². The highest BCUT2D eigenvalue weighted by Gasteiger charge is 2.66. The zero-order valence-electron chi connectivity index (χ0n) is 18.9. The first kappa shape index (κ1) is 26.3. The van der Waals surface area contributed by atoms with Gasteiger partial charge in [-0.15, -0.1) is 0 Å². The summed E-state index contributed by atoms with van der Waals surface area (Å²) in [5, 5.41) is 2.31. The molecule has 2 amide bonds. The van der Waals surface area contributed by atoms with Gasteiger partial charge < -0.3 is 20.5 Å². The summed E-state index contributed by atoms with van der Waals surface area (Å²) in [5.74, 6) is -8.24. The van der Waals surface area contributed by atoms with Crippen molar-refractivity contribution in [1.29, 1.82) is 0 Å². The molecule has 0 aliphatic carbocycles. The van der Waals surface area contributed by atoms with Crippen molar-refractivity contribution in [3.05, 3.63) is 58.3 Å². The zero-order chi connectivity index (χ0) is 26.3. The van der Waals surface area contributed by atoms with Crippen LogP contribution in [0.25, 0.3) is 0 Å². The van der Waals surface area contributed by atoms with E-state index in [9.17, 15) is 36.4 Å². The number of carbonyl (C=O) groups excluding carboxylic acids is 2. The average molecular weight is 504 g/mol. The van der Waals surface area contributed by atoms with Crippen molar-refractivity contribution >= 4 is 11.8 Å². The van der Waals surface area contributed by atoms with Crippen molar-refractivity contribution in [3.63, 3.8) is 0 Å². The Labute approximate surface area is 196 Å². The molecule has 0 saturated carbocycles. The number of nitrogens with two attached hydrogens (primary N) is 1. The largest absolute Gasteiger partial charge is 0.490 e. The lowest BCUT2D eigenvalue weighted by atomic mass is 9.77. The van der Waals surface area contributed by atoms with Gasteiger partial charge in [-0.25, -0.2) is 4.39 Å². The second kappa shape index (κ2) is 9.36. The van der Waals surface area contributed by atoms with Gasteiger partial charge in [-0.3, -0.25) is 9.59 Å². The van der Waals surface area contributed by atoms with Crippen LogP contribution in [0.15, 0.2) is 36.2 Å². The number of allylic oxidation sites excluding steroid dienone is 1. The first-order valence-electron chi connectivity index (χ1n) is 10.5. The average Bonchev–Trinajstić information content (AvgIpc) is 3.05. The van der Waals surface area contributed by atoms with Gasteiger partial charge in [-0.05, 0) is 19.9 Å². The molecule has 190 valence electrons. The van der Waals surface area contributed by atoms with Crippen LogP contribution in [0.5, 0.6) is 5.75 Å². The van der Waals surface area contributed by atoms with Gasteiger partial charge in [0, 0.05) is 39.2 Å². The van der Waals surface area contributed by atoms with Gasteiger partial charge in [0.2, 0.25) is 12.0 Å². The van der Waals surface area contributed by atoms with Crippen molar-refractivity contribution in [2.45, 2.75) is 50.6 Å². The Balaban J connectivity index is 2.06. The van der Waals surface area contributed by atoms with E-state index in [0.29, 0.717) is 0 Å². The first-order valence-corrected chi connectivity index (χ1v) is 10.5. The van der Waals surface area contributed by atoms with E-state index in [-0.39, 0.29) is 22.6 Å². The quantitative estimate of drug-likeness (QED) is 0.457. The van der Waals surface area contributed by atoms with Gasteiger partial charge in [0.1, 0.15) is 6.10 Å². The summed E-state index contributed by atoms with van der Waals surface area (Å²) in [4.78, 5) is 36.3. The number of hydrogen-bond donors (Lipinski definition) is 2. The number of amides is 2. The number of benzene rings is 1. The number of ether oxygens (including phenoxy) is 2. The molecule has 2 aliphatic heterocycles. The molecule has 1 aromatic rings. The standard InChI is InChI=1S/C22H22F5N3O5/c1-4-34-17-12(5-6-13(23)16(17)24)15-10(2)21(3,22(25,26)27)35-18(15)20(32)29-11-7-8-30(33)14(9-11)19(28)31/h5-10,14-15,18H,4H2,1-3H3,(H2-,28,29,31,32)/p+1/t10-,14+,15-,18?,21+/m0/s1. The SMILES string of the molecule is CCOc1c([C@H]2C(C(=O)NC3=C[C@H](C(N)=O)[N+](=O)C=C3)O[C@@](C)(C(F)(F)F)[C@H]2C)ccc(F)c1F. The van der Waals surface area contributed by atoms with Crippen LogP contribution in [0, 0.1) is 22.5 Å².